The highest BCUT2D eigenvalue weighted by molar-refractivity contribution is 14.1. The number of aromatic nitrogens is 3. The van der Waals surface area contributed by atoms with Crippen LogP contribution in [0.4, 0.5) is 0 Å². The highest BCUT2D eigenvalue weighted by Gasteiger charge is 2.16. The fraction of sp³-hybridized carbons (Fsp3) is 0.143. The van der Waals surface area contributed by atoms with E-state index in [0.717, 1.165) is 25.9 Å². The Hall–Kier alpha value is -1.05. The van der Waals surface area contributed by atoms with E-state index >= 15 is 0 Å². The lowest BCUT2D eigenvalue weighted by Crippen LogP contribution is -2.05. The van der Waals surface area contributed by atoms with Crippen LogP contribution in [-0.2, 0) is 0 Å². The van der Waals surface area contributed by atoms with Gasteiger partial charge in [0, 0.05) is 23.3 Å². The van der Waals surface area contributed by atoms with Crippen molar-refractivity contribution in [2.24, 2.45) is 0 Å². The summed E-state index contributed by atoms with van der Waals surface area (Å²) in [7, 11) is 0. The summed E-state index contributed by atoms with van der Waals surface area (Å²) in [6, 6.07) is 5.73. The summed E-state index contributed by atoms with van der Waals surface area (Å²) in [6.45, 7) is 1.90. The summed E-state index contributed by atoms with van der Waals surface area (Å²) in [4.78, 5) is 3.95. The maximum atomic E-state index is 6.15. The largest absolute Gasteiger partial charge is 0.486 e. The van der Waals surface area contributed by atoms with Crippen molar-refractivity contribution in [3.05, 3.63) is 49.9 Å². The number of halogens is 3. The fourth-order valence-electron chi connectivity index (χ4n) is 2.10. The summed E-state index contributed by atoms with van der Waals surface area (Å²) in [5.74, 6) is 0.735. The molecule has 0 bridgehead atoms. The van der Waals surface area contributed by atoms with Crippen LogP contribution in [0, 0.1) is 3.70 Å². The van der Waals surface area contributed by atoms with Crippen LogP contribution in [-0.4, -0.2) is 15.2 Å². The van der Waals surface area contributed by atoms with Crippen molar-refractivity contribution in [3.63, 3.8) is 0 Å². The quantitative estimate of drug-likeness (QED) is 0.590. The van der Waals surface area contributed by atoms with Crippen molar-refractivity contribution in [2.45, 2.75) is 13.0 Å². The Balaban J connectivity index is 1.92. The zero-order valence-electron chi connectivity index (χ0n) is 10.9. The highest BCUT2D eigenvalue weighted by atomic mass is 127. The number of ether oxygens (including phenoxy) is 1. The monoisotopic (exact) mass is 433 g/mol. The second kappa shape index (κ2) is 5.98. The first-order chi connectivity index (χ1) is 10.1. The van der Waals surface area contributed by atoms with Gasteiger partial charge in [-0.25, -0.2) is 0 Å². The van der Waals surface area contributed by atoms with Gasteiger partial charge >= 0.3 is 0 Å². The molecular formula is C14H10Cl2IN3O. The van der Waals surface area contributed by atoms with Crippen LogP contribution in [0.15, 0.2) is 30.6 Å². The molecule has 0 aliphatic heterocycles. The number of hydrogen-bond donors (Lipinski definition) is 1. The van der Waals surface area contributed by atoms with E-state index in [0.29, 0.717) is 10.0 Å². The van der Waals surface area contributed by atoms with E-state index in [4.69, 9.17) is 27.9 Å². The van der Waals surface area contributed by atoms with Gasteiger partial charge in [-0.05, 0) is 47.7 Å². The number of hydrogen-bond acceptors (Lipinski definition) is 3. The van der Waals surface area contributed by atoms with E-state index in [2.05, 4.69) is 37.8 Å². The number of nitrogens with one attached hydrogen (secondary N) is 1. The summed E-state index contributed by atoms with van der Waals surface area (Å²) >= 11 is 14.5. The lowest BCUT2D eigenvalue weighted by atomic mass is 10.1. The molecule has 1 N–H and O–H groups in total. The smallest absolute Gasteiger partial charge is 0.124 e. The number of benzene rings is 1. The molecule has 1 aromatic carbocycles. The molecule has 0 aliphatic rings. The Labute approximate surface area is 144 Å². The molecule has 0 saturated heterocycles. The van der Waals surface area contributed by atoms with Gasteiger partial charge in [-0.3, -0.25) is 10.1 Å². The molecule has 1 atom stereocenters. The highest BCUT2D eigenvalue weighted by Crippen LogP contribution is 2.33. The molecule has 0 spiro atoms. The molecule has 2 heterocycles. The molecule has 2 aromatic heterocycles. The summed E-state index contributed by atoms with van der Waals surface area (Å²) in [5, 5.41) is 9.13. The maximum Gasteiger partial charge on any atom is 0.124 e. The Morgan fingerprint density at radius 2 is 1.95 bits per heavy atom. The number of nitrogens with zero attached hydrogens (tertiary/aromatic N) is 2. The van der Waals surface area contributed by atoms with E-state index < -0.39 is 0 Å². The van der Waals surface area contributed by atoms with Gasteiger partial charge in [0.15, 0.2) is 0 Å². The summed E-state index contributed by atoms with van der Waals surface area (Å²) in [6.07, 6.45) is 2.84. The molecule has 3 aromatic rings. The minimum Gasteiger partial charge on any atom is -0.486 e. The Bertz CT molecular complexity index is 786. The van der Waals surface area contributed by atoms with E-state index in [-0.39, 0.29) is 6.10 Å². The predicted molar refractivity (Wildman–Crippen MR) is 92.1 cm³/mol. The molecule has 21 heavy (non-hydrogen) atoms. The molecule has 108 valence electrons. The third-order valence-corrected chi connectivity index (χ3v) is 4.51. The first kappa shape index (κ1) is 14.9. The molecule has 0 unspecified atom stereocenters. The van der Waals surface area contributed by atoms with Crippen molar-refractivity contribution in [3.8, 4) is 5.75 Å². The standard InChI is InChI=1S/C14H10Cl2IN3O/c1-7(13-10(15)5-18-6-11(13)16)21-8-2-3-12-9(4-8)14(17)20-19-12/h2-7H,1H3,(H,19,20)/t7-/m1/s1. The summed E-state index contributed by atoms with van der Waals surface area (Å²) in [5.41, 5.74) is 1.63. The average molecular weight is 434 g/mol. The zero-order chi connectivity index (χ0) is 15.0. The van der Waals surface area contributed by atoms with Crippen molar-refractivity contribution in [1.29, 1.82) is 0 Å². The molecule has 7 heteroatoms. The van der Waals surface area contributed by atoms with Gasteiger partial charge in [-0.1, -0.05) is 23.2 Å². The van der Waals surface area contributed by atoms with Gasteiger partial charge in [0.25, 0.3) is 0 Å². The van der Waals surface area contributed by atoms with Gasteiger partial charge in [0.05, 0.1) is 15.6 Å². The Morgan fingerprint density at radius 1 is 1.24 bits per heavy atom. The van der Waals surface area contributed by atoms with Crippen LogP contribution in [0.1, 0.15) is 18.6 Å². The third kappa shape index (κ3) is 2.95. The van der Waals surface area contributed by atoms with Crippen LogP contribution in [0.5, 0.6) is 5.75 Å². The molecule has 4 nitrogen and oxygen atoms in total. The van der Waals surface area contributed by atoms with Crippen LogP contribution in [0.2, 0.25) is 10.0 Å². The van der Waals surface area contributed by atoms with Crippen LogP contribution < -0.4 is 4.74 Å². The summed E-state index contributed by atoms with van der Waals surface area (Å²) < 4.78 is 6.93. The van der Waals surface area contributed by atoms with Gasteiger partial charge in [-0.2, -0.15) is 5.10 Å². The number of rotatable bonds is 3. The first-order valence-corrected chi connectivity index (χ1v) is 7.99. The minimum atomic E-state index is -0.282. The molecule has 0 aliphatic carbocycles. The first-order valence-electron chi connectivity index (χ1n) is 6.15. The lowest BCUT2D eigenvalue weighted by Gasteiger charge is -2.17. The Kier molecular flexibility index (Phi) is 4.24. The Morgan fingerprint density at radius 3 is 2.67 bits per heavy atom. The fourth-order valence-corrected chi connectivity index (χ4v) is 3.33. The minimum absolute atomic E-state index is 0.282. The maximum absolute atomic E-state index is 6.15. The molecule has 0 saturated carbocycles. The van der Waals surface area contributed by atoms with Gasteiger partial charge in [0.1, 0.15) is 15.6 Å². The zero-order valence-corrected chi connectivity index (χ0v) is 14.6. The lowest BCUT2D eigenvalue weighted by molar-refractivity contribution is 0.227. The van der Waals surface area contributed by atoms with Gasteiger partial charge in [0.2, 0.25) is 0 Å². The SMILES string of the molecule is C[C@@H](Oc1ccc2n[nH]c(I)c2c1)c1c(Cl)cncc1Cl. The second-order valence-electron chi connectivity index (χ2n) is 4.49. The number of fused-ring (bicyclic) bond motifs is 1. The van der Waals surface area contributed by atoms with Crippen molar-refractivity contribution < 1.29 is 4.74 Å². The topological polar surface area (TPSA) is 50.8 Å². The molecular weight excluding hydrogens is 424 g/mol. The van der Waals surface area contributed by atoms with Gasteiger partial charge < -0.3 is 4.74 Å². The number of aromatic amines is 1. The molecule has 3 rings (SSSR count). The molecule has 0 amide bonds. The van der Waals surface area contributed by atoms with Crippen LogP contribution >= 0.6 is 45.8 Å². The normalized spacial score (nSPS) is 12.6. The van der Waals surface area contributed by atoms with Crippen LogP contribution in [0.25, 0.3) is 10.9 Å². The molecule has 0 radical (unpaired) electrons. The van der Waals surface area contributed by atoms with Crippen molar-refractivity contribution in [2.75, 3.05) is 0 Å². The van der Waals surface area contributed by atoms with Gasteiger partial charge in [-0.15, -0.1) is 0 Å². The van der Waals surface area contributed by atoms with E-state index in [9.17, 15) is 0 Å². The number of pyridine rings is 1. The van der Waals surface area contributed by atoms with E-state index in [1.165, 1.54) is 0 Å². The van der Waals surface area contributed by atoms with Crippen molar-refractivity contribution in [1.82, 2.24) is 15.2 Å². The predicted octanol–water partition coefficient (Wildman–Crippen LogP) is 5.01. The second-order valence-corrected chi connectivity index (χ2v) is 6.39. The van der Waals surface area contributed by atoms with E-state index in [1.807, 2.05) is 25.1 Å². The average Bonchev–Trinajstić information content (AvgIpc) is 2.80. The van der Waals surface area contributed by atoms with Crippen LogP contribution in [0.3, 0.4) is 0 Å². The third-order valence-electron chi connectivity index (χ3n) is 3.09. The van der Waals surface area contributed by atoms with E-state index in [1.54, 1.807) is 12.4 Å². The van der Waals surface area contributed by atoms with Crippen molar-refractivity contribution >= 4 is 56.7 Å². The molecule has 0 fully saturated rings. The number of H-pyrrole nitrogens is 1.